The van der Waals surface area contributed by atoms with Gasteiger partial charge in [-0.25, -0.2) is 9.78 Å². The van der Waals surface area contributed by atoms with Crippen LogP contribution in [0.4, 0.5) is 10.7 Å². The Bertz CT molecular complexity index is 529. The largest absolute Gasteiger partial charge is 0.446 e. The maximum atomic E-state index is 12.1. The van der Waals surface area contributed by atoms with Crippen LogP contribution in [0.5, 0.6) is 0 Å². The third-order valence-corrected chi connectivity index (χ3v) is 5.26. The zero-order valence-corrected chi connectivity index (χ0v) is 15.9. The van der Waals surface area contributed by atoms with Crippen molar-refractivity contribution in [3.63, 3.8) is 0 Å². The van der Waals surface area contributed by atoms with Crippen molar-refractivity contribution in [1.29, 1.82) is 0 Å². The highest BCUT2D eigenvalue weighted by Crippen LogP contribution is 2.35. The van der Waals surface area contributed by atoms with E-state index in [0.29, 0.717) is 30.2 Å². The van der Waals surface area contributed by atoms with Crippen LogP contribution in [0, 0.1) is 17.8 Å². The highest BCUT2D eigenvalue weighted by molar-refractivity contribution is 5.67. The van der Waals surface area contributed by atoms with Crippen molar-refractivity contribution in [2.75, 3.05) is 12.3 Å². The number of nitrogens with zero attached hydrogens (tertiary/aromatic N) is 1. The van der Waals surface area contributed by atoms with Crippen LogP contribution in [-0.2, 0) is 11.2 Å². The van der Waals surface area contributed by atoms with Gasteiger partial charge < -0.3 is 20.8 Å². The molecule has 142 valence electrons. The number of unbranched alkanes of at least 4 members (excludes halogenated alkanes) is 2. The van der Waals surface area contributed by atoms with E-state index in [1.807, 2.05) is 0 Å². The molecule has 1 aromatic heterocycles. The number of nitrogen functional groups attached to an aromatic ring is 1. The number of carbonyl (C=O) groups excluding carboxylic acids is 1. The average Bonchev–Trinajstić information content (AvgIpc) is 2.96. The van der Waals surface area contributed by atoms with Crippen molar-refractivity contribution in [2.24, 2.45) is 17.8 Å². The summed E-state index contributed by atoms with van der Waals surface area (Å²) >= 11 is 0. The van der Waals surface area contributed by atoms with Crippen LogP contribution in [0.25, 0.3) is 0 Å². The summed E-state index contributed by atoms with van der Waals surface area (Å²) < 4.78 is 5.74. The molecule has 1 heterocycles. The van der Waals surface area contributed by atoms with Gasteiger partial charge in [0.05, 0.1) is 6.20 Å². The quantitative estimate of drug-likeness (QED) is 0.620. The van der Waals surface area contributed by atoms with E-state index in [2.05, 4.69) is 36.1 Å². The highest BCUT2D eigenvalue weighted by Gasteiger charge is 2.33. The highest BCUT2D eigenvalue weighted by atomic mass is 16.6. The summed E-state index contributed by atoms with van der Waals surface area (Å²) in [5.41, 5.74) is 6.62. The lowest BCUT2D eigenvalue weighted by Gasteiger charge is -2.36. The van der Waals surface area contributed by atoms with E-state index in [0.717, 1.165) is 44.2 Å². The fourth-order valence-electron chi connectivity index (χ4n) is 3.74. The summed E-state index contributed by atoms with van der Waals surface area (Å²) in [5, 5.41) is 2.91. The minimum absolute atomic E-state index is 0.0644. The summed E-state index contributed by atoms with van der Waals surface area (Å²) in [4.78, 5) is 19.1. The molecule has 0 unspecified atom stereocenters. The topological polar surface area (TPSA) is 93.0 Å². The number of rotatable bonds is 8. The van der Waals surface area contributed by atoms with Crippen molar-refractivity contribution in [1.82, 2.24) is 15.3 Å². The summed E-state index contributed by atoms with van der Waals surface area (Å²) in [5.74, 6) is 2.16. The first-order valence-corrected chi connectivity index (χ1v) is 9.69. The lowest BCUT2D eigenvalue weighted by atomic mass is 9.75. The van der Waals surface area contributed by atoms with Crippen molar-refractivity contribution in [3.8, 4) is 0 Å². The molecule has 1 aliphatic carbocycles. The Kier molecular flexibility index (Phi) is 7.59. The number of amides is 1. The second-order valence-electron chi connectivity index (χ2n) is 7.80. The Hall–Kier alpha value is -1.72. The number of hydrogen-bond acceptors (Lipinski definition) is 4. The van der Waals surface area contributed by atoms with E-state index in [1.165, 1.54) is 6.42 Å². The molecule has 1 aromatic rings. The predicted molar refractivity (Wildman–Crippen MR) is 100 cm³/mol. The maximum Gasteiger partial charge on any atom is 0.407 e. The fraction of sp³-hybridized carbons (Fsp3) is 0.789. The zero-order chi connectivity index (χ0) is 18.2. The van der Waals surface area contributed by atoms with E-state index in [4.69, 9.17) is 10.5 Å². The van der Waals surface area contributed by atoms with Crippen molar-refractivity contribution < 1.29 is 9.53 Å². The second kappa shape index (κ2) is 9.68. The number of alkyl carbamates (subject to hydrolysis) is 1. The van der Waals surface area contributed by atoms with Gasteiger partial charge >= 0.3 is 6.09 Å². The van der Waals surface area contributed by atoms with Gasteiger partial charge in [0.25, 0.3) is 0 Å². The summed E-state index contributed by atoms with van der Waals surface area (Å²) in [6.45, 7) is 7.36. The molecule has 25 heavy (non-hydrogen) atoms. The third-order valence-electron chi connectivity index (χ3n) is 5.26. The molecule has 0 radical (unpaired) electrons. The number of anilines is 1. The maximum absolute atomic E-state index is 12.1. The molecule has 1 aliphatic rings. The number of aromatic nitrogens is 2. The predicted octanol–water partition coefficient (Wildman–Crippen LogP) is 3.89. The first kappa shape index (κ1) is 19.6. The molecule has 6 nitrogen and oxygen atoms in total. The van der Waals surface area contributed by atoms with Crippen molar-refractivity contribution in [2.45, 2.75) is 71.8 Å². The molecule has 0 saturated heterocycles. The standard InChI is InChI=1S/C19H34N4O2/c1-13(2)16-9-8-14(3)11-17(16)25-19(24)21-10-6-4-5-7-15-12-22-18(20)23-15/h12-14,16-17H,4-11H2,1-3H3,(H,21,24)(H3,20,22,23)/t14-,16+,17-/m1/s1. The molecule has 2 rings (SSSR count). The molecule has 1 amide bonds. The minimum atomic E-state index is -0.258. The average molecular weight is 351 g/mol. The van der Waals surface area contributed by atoms with Gasteiger partial charge in [-0.15, -0.1) is 0 Å². The van der Waals surface area contributed by atoms with Gasteiger partial charge in [-0.05, 0) is 49.9 Å². The Balaban J connectivity index is 1.59. The smallest absolute Gasteiger partial charge is 0.407 e. The number of aryl methyl sites for hydroxylation is 1. The zero-order valence-electron chi connectivity index (χ0n) is 15.9. The monoisotopic (exact) mass is 350 g/mol. The normalized spacial score (nSPS) is 23.6. The van der Waals surface area contributed by atoms with E-state index in [9.17, 15) is 4.79 Å². The van der Waals surface area contributed by atoms with Crippen LogP contribution in [0.15, 0.2) is 6.20 Å². The van der Waals surface area contributed by atoms with Gasteiger partial charge in [0, 0.05) is 12.2 Å². The number of imidazole rings is 1. The molecule has 0 aliphatic heterocycles. The lowest BCUT2D eigenvalue weighted by molar-refractivity contribution is 0.00622. The Labute approximate surface area is 151 Å². The van der Waals surface area contributed by atoms with Crippen LogP contribution in [0.1, 0.15) is 65.0 Å². The molecule has 0 aromatic carbocycles. The second-order valence-corrected chi connectivity index (χ2v) is 7.80. The molecular formula is C19H34N4O2. The lowest BCUT2D eigenvalue weighted by Crippen LogP contribution is -2.39. The Morgan fingerprint density at radius 3 is 2.88 bits per heavy atom. The summed E-state index contributed by atoms with van der Waals surface area (Å²) in [6.07, 6.45) is 8.97. The fourth-order valence-corrected chi connectivity index (χ4v) is 3.74. The first-order chi connectivity index (χ1) is 12.0. The molecule has 0 spiro atoms. The van der Waals surface area contributed by atoms with Crippen molar-refractivity contribution >= 4 is 12.0 Å². The van der Waals surface area contributed by atoms with Gasteiger partial charge in [-0.2, -0.15) is 0 Å². The number of carbonyl (C=O) groups is 1. The number of nitrogens with two attached hydrogens (primary N) is 1. The van der Waals surface area contributed by atoms with Gasteiger partial charge in [0.2, 0.25) is 0 Å². The SMILES string of the molecule is CC(C)[C@@H]1CC[C@@H](C)C[C@H]1OC(=O)NCCCCCc1cnc(N)[nH]1. The number of ether oxygens (including phenoxy) is 1. The molecule has 6 heteroatoms. The summed E-state index contributed by atoms with van der Waals surface area (Å²) in [7, 11) is 0. The van der Waals surface area contributed by atoms with E-state index in [1.54, 1.807) is 6.20 Å². The molecule has 1 fully saturated rings. The molecule has 0 bridgehead atoms. The van der Waals surface area contributed by atoms with Gasteiger partial charge in [-0.3, -0.25) is 0 Å². The van der Waals surface area contributed by atoms with Crippen LogP contribution >= 0.6 is 0 Å². The number of aromatic amines is 1. The molecular weight excluding hydrogens is 316 g/mol. The van der Waals surface area contributed by atoms with E-state index in [-0.39, 0.29) is 12.2 Å². The van der Waals surface area contributed by atoms with Gasteiger partial charge in [0.1, 0.15) is 6.10 Å². The minimum Gasteiger partial charge on any atom is -0.446 e. The van der Waals surface area contributed by atoms with E-state index < -0.39 is 0 Å². The first-order valence-electron chi connectivity index (χ1n) is 9.69. The van der Waals surface area contributed by atoms with Gasteiger partial charge in [-0.1, -0.05) is 33.6 Å². The van der Waals surface area contributed by atoms with E-state index >= 15 is 0 Å². The third kappa shape index (κ3) is 6.59. The molecule has 3 atom stereocenters. The van der Waals surface area contributed by atoms with Crippen LogP contribution in [-0.4, -0.2) is 28.7 Å². The van der Waals surface area contributed by atoms with Gasteiger partial charge in [0.15, 0.2) is 5.95 Å². The number of H-pyrrole nitrogens is 1. The molecule has 1 saturated carbocycles. The van der Waals surface area contributed by atoms with Crippen LogP contribution in [0.3, 0.4) is 0 Å². The molecule has 4 N–H and O–H groups in total. The Morgan fingerprint density at radius 1 is 1.40 bits per heavy atom. The number of hydrogen-bond donors (Lipinski definition) is 3. The Morgan fingerprint density at radius 2 is 2.20 bits per heavy atom. The van der Waals surface area contributed by atoms with Crippen LogP contribution < -0.4 is 11.1 Å². The van der Waals surface area contributed by atoms with Crippen molar-refractivity contribution in [3.05, 3.63) is 11.9 Å². The summed E-state index contributed by atoms with van der Waals surface area (Å²) in [6, 6.07) is 0. The number of nitrogens with one attached hydrogen (secondary N) is 2. The van der Waals surface area contributed by atoms with Crippen LogP contribution in [0.2, 0.25) is 0 Å².